The average molecular weight is 398 g/mol. The largest absolute Gasteiger partial charge is 0.494 e. The maximum absolute atomic E-state index is 12.1. The number of nitrogens with one attached hydrogen (secondary N) is 2. The molecular formula is C23H31N3O3. The number of benzene rings is 2. The third-order valence-electron chi connectivity index (χ3n) is 4.40. The molecule has 6 heteroatoms. The van der Waals surface area contributed by atoms with Gasteiger partial charge in [0.25, 0.3) is 5.91 Å². The SMILES string of the molecule is CCCCCCOc1ccc(NCC(=O)Nc2ccc(C(=O)N(C)C)cc2)cc1. The molecule has 0 aliphatic rings. The predicted octanol–water partition coefficient (Wildman–Crippen LogP) is 4.40. The van der Waals surface area contributed by atoms with E-state index < -0.39 is 0 Å². The van der Waals surface area contributed by atoms with Crippen LogP contribution in [0.2, 0.25) is 0 Å². The Morgan fingerprint density at radius 3 is 2.17 bits per heavy atom. The van der Waals surface area contributed by atoms with Crippen LogP contribution in [0.25, 0.3) is 0 Å². The summed E-state index contributed by atoms with van der Waals surface area (Å²) in [7, 11) is 3.41. The summed E-state index contributed by atoms with van der Waals surface area (Å²) in [6.07, 6.45) is 4.72. The van der Waals surface area contributed by atoms with Crippen LogP contribution in [0.3, 0.4) is 0 Å². The van der Waals surface area contributed by atoms with Crippen LogP contribution in [-0.2, 0) is 4.79 Å². The summed E-state index contributed by atoms with van der Waals surface area (Å²) in [5.74, 6) is 0.606. The van der Waals surface area contributed by atoms with E-state index >= 15 is 0 Å². The molecule has 2 aromatic rings. The monoisotopic (exact) mass is 397 g/mol. The molecule has 0 aliphatic carbocycles. The van der Waals surface area contributed by atoms with Gasteiger partial charge < -0.3 is 20.3 Å². The summed E-state index contributed by atoms with van der Waals surface area (Å²) in [5.41, 5.74) is 2.09. The lowest BCUT2D eigenvalue weighted by Crippen LogP contribution is -2.22. The van der Waals surface area contributed by atoms with Crippen LogP contribution in [0.4, 0.5) is 11.4 Å². The summed E-state index contributed by atoms with van der Waals surface area (Å²) < 4.78 is 5.72. The van der Waals surface area contributed by atoms with Gasteiger partial charge in [-0.25, -0.2) is 0 Å². The topological polar surface area (TPSA) is 70.7 Å². The van der Waals surface area contributed by atoms with Crippen molar-refractivity contribution in [3.05, 3.63) is 54.1 Å². The normalized spacial score (nSPS) is 10.3. The van der Waals surface area contributed by atoms with Crippen LogP contribution in [0.5, 0.6) is 5.75 Å². The lowest BCUT2D eigenvalue weighted by atomic mass is 10.2. The fourth-order valence-electron chi connectivity index (χ4n) is 2.73. The number of carbonyl (C=O) groups excluding carboxylic acids is 2. The molecule has 29 heavy (non-hydrogen) atoms. The number of amides is 2. The van der Waals surface area contributed by atoms with Gasteiger partial charge in [-0.1, -0.05) is 26.2 Å². The van der Waals surface area contributed by atoms with E-state index in [-0.39, 0.29) is 18.4 Å². The van der Waals surface area contributed by atoms with Gasteiger partial charge in [-0.3, -0.25) is 9.59 Å². The van der Waals surface area contributed by atoms with E-state index in [0.717, 1.165) is 24.5 Å². The van der Waals surface area contributed by atoms with Gasteiger partial charge in [0.1, 0.15) is 5.75 Å². The molecule has 0 spiro atoms. The predicted molar refractivity (Wildman–Crippen MR) is 118 cm³/mol. The number of ether oxygens (including phenoxy) is 1. The Morgan fingerprint density at radius 2 is 1.55 bits per heavy atom. The van der Waals surface area contributed by atoms with E-state index in [0.29, 0.717) is 11.3 Å². The van der Waals surface area contributed by atoms with Gasteiger partial charge in [-0.15, -0.1) is 0 Å². The second kappa shape index (κ2) is 11.7. The first-order chi connectivity index (χ1) is 14.0. The standard InChI is InChI=1S/C23H31N3O3/c1-4-5-6-7-16-29-21-14-12-19(13-15-21)24-17-22(27)25-20-10-8-18(9-11-20)23(28)26(2)3/h8-15,24H,4-7,16-17H2,1-3H3,(H,25,27). The fourth-order valence-corrected chi connectivity index (χ4v) is 2.73. The third kappa shape index (κ3) is 7.86. The van der Waals surface area contributed by atoms with Crippen molar-refractivity contribution in [2.24, 2.45) is 0 Å². The molecule has 0 bridgehead atoms. The molecule has 2 aromatic carbocycles. The van der Waals surface area contributed by atoms with E-state index in [1.807, 2.05) is 24.3 Å². The first kappa shape index (κ1) is 22.3. The van der Waals surface area contributed by atoms with Crippen molar-refractivity contribution in [3.63, 3.8) is 0 Å². The van der Waals surface area contributed by atoms with Crippen molar-refractivity contribution in [2.45, 2.75) is 32.6 Å². The fraction of sp³-hybridized carbons (Fsp3) is 0.391. The molecule has 0 fully saturated rings. The van der Waals surface area contributed by atoms with Crippen LogP contribution in [0.15, 0.2) is 48.5 Å². The Kier molecular flexibility index (Phi) is 9.02. The molecule has 0 aliphatic heterocycles. The molecule has 0 saturated heterocycles. The van der Waals surface area contributed by atoms with Gasteiger partial charge in [-0.2, -0.15) is 0 Å². The first-order valence-corrected chi connectivity index (χ1v) is 10.1. The summed E-state index contributed by atoms with van der Waals surface area (Å²) in [4.78, 5) is 25.5. The Bertz CT molecular complexity index is 771. The summed E-state index contributed by atoms with van der Waals surface area (Å²) in [6.45, 7) is 3.07. The van der Waals surface area contributed by atoms with E-state index in [2.05, 4.69) is 17.6 Å². The van der Waals surface area contributed by atoms with Crippen LogP contribution < -0.4 is 15.4 Å². The highest BCUT2D eigenvalue weighted by Gasteiger charge is 2.08. The average Bonchev–Trinajstić information content (AvgIpc) is 2.73. The van der Waals surface area contributed by atoms with Gasteiger partial charge in [0.2, 0.25) is 5.91 Å². The van der Waals surface area contributed by atoms with Gasteiger partial charge >= 0.3 is 0 Å². The van der Waals surface area contributed by atoms with Crippen molar-refractivity contribution < 1.29 is 14.3 Å². The number of hydrogen-bond donors (Lipinski definition) is 2. The highest BCUT2D eigenvalue weighted by molar-refractivity contribution is 5.96. The van der Waals surface area contributed by atoms with E-state index in [1.165, 1.54) is 24.2 Å². The van der Waals surface area contributed by atoms with E-state index in [1.54, 1.807) is 38.4 Å². The minimum absolute atomic E-state index is 0.0714. The zero-order chi connectivity index (χ0) is 21.1. The van der Waals surface area contributed by atoms with Gasteiger partial charge in [-0.05, 0) is 55.0 Å². The highest BCUT2D eigenvalue weighted by Crippen LogP contribution is 2.16. The van der Waals surface area contributed by atoms with Crippen molar-refractivity contribution in [1.29, 1.82) is 0 Å². The number of nitrogens with zero attached hydrogens (tertiary/aromatic N) is 1. The molecular weight excluding hydrogens is 366 g/mol. The molecule has 6 nitrogen and oxygen atoms in total. The molecule has 0 unspecified atom stereocenters. The molecule has 0 saturated carbocycles. The van der Waals surface area contributed by atoms with Gasteiger partial charge in [0, 0.05) is 31.0 Å². The molecule has 0 atom stereocenters. The van der Waals surface area contributed by atoms with Crippen LogP contribution in [-0.4, -0.2) is 44.0 Å². The molecule has 0 aromatic heterocycles. The minimum atomic E-state index is -0.159. The second-order valence-electron chi connectivity index (χ2n) is 7.11. The highest BCUT2D eigenvalue weighted by atomic mass is 16.5. The Hall–Kier alpha value is -3.02. The maximum atomic E-state index is 12.1. The summed E-state index contributed by atoms with van der Waals surface area (Å²) in [6, 6.07) is 14.5. The third-order valence-corrected chi connectivity index (χ3v) is 4.40. The Morgan fingerprint density at radius 1 is 0.897 bits per heavy atom. The Labute approximate surface area is 173 Å². The van der Waals surface area contributed by atoms with Crippen LogP contribution in [0, 0.1) is 0 Å². The van der Waals surface area contributed by atoms with Crippen LogP contribution in [0.1, 0.15) is 43.0 Å². The first-order valence-electron chi connectivity index (χ1n) is 10.1. The van der Waals surface area contributed by atoms with Crippen molar-refractivity contribution in [2.75, 3.05) is 37.9 Å². The maximum Gasteiger partial charge on any atom is 0.253 e. The van der Waals surface area contributed by atoms with E-state index in [9.17, 15) is 9.59 Å². The van der Waals surface area contributed by atoms with Crippen molar-refractivity contribution in [1.82, 2.24) is 4.90 Å². The number of hydrogen-bond acceptors (Lipinski definition) is 4. The molecule has 2 rings (SSSR count). The number of carbonyl (C=O) groups is 2. The van der Waals surface area contributed by atoms with E-state index in [4.69, 9.17) is 4.74 Å². The molecule has 0 heterocycles. The zero-order valence-corrected chi connectivity index (χ0v) is 17.5. The number of unbranched alkanes of at least 4 members (excludes halogenated alkanes) is 3. The zero-order valence-electron chi connectivity index (χ0n) is 17.5. The Balaban J connectivity index is 1.74. The smallest absolute Gasteiger partial charge is 0.253 e. The van der Waals surface area contributed by atoms with Gasteiger partial charge in [0.15, 0.2) is 0 Å². The number of rotatable bonds is 11. The van der Waals surface area contributed by atoms with Crippen LogP contribution >= 0.6 is 0 Å². The lowest BCUT2D eigenvalue weighted by Gasteiger charge is -2.11. The molecule has 2 amide bonds. The lowest BCUT2D eigenvalue weighted by molar-refractivity contribution is -0.114. The van der Waals surface area contributed by atoms with Crippen molar-refractivity contribution >= 4 is 23.2 Å². The quantitative estimate of drug-likeness (QED) is 0.552. The summed E-state index contributed by atoms with van der Waals surface area (Å²) >= 11 is 0. The number of anilines is 2. The molecule has 2 N–H and O–H groups in total. The second-order valence-corrected chi connectivity index (χ2v) is 7.11. The molecule has 0 radical (unpaired) electrons. The summed E-state index contributed by atoms with van der Waals surface area (Å²) in [5, 5.41) is 5.90. The van der Waals surface area contributed by atoms with Crippen molar-refractivity contribution in [3.8, 4) is 5.75 Å². The van der Waals surface area contributed by atoms with Gasteiger partial charge in [0.05, 0.1) is 13.2 Å². The molecule has 156 valence electrons. The minimum Gasteiger partial charge on any atom is -0.494 e.